The van der Waals surface area contributed by atoms with Crippen LogP contribution in [0.1, 0.15) is 6.42 Å². The maximum atomic E-state index is 12.0. The molecule has 0 bridgehead atoms. The van der Waals surface area contributed by atoms with Gasteiger partial charge in [-0.25, -0.2) is 4.79 Å². The van der Waals surface area contributed by atoms with Gasteiger partial charge in [-0.3, -0.25) is 15.0 Å². The lowest BCUT2D eigenvalue weighted by Gasteiger charge is -2.29. The number of carbonyl (C=O) groups excluding carboxylic acids is 1. The summed E-state index contributed by atoms with van der Waals surface area (Å²) in [5.74, 6) is 0.654. The summed E-state index contributed by atoms with van der Waals surface area (Å²) in [5.41, 5.74) is -0.201. The Kier molecular flexibility index (Phi) is 8.98. The molecule has 10 nitrogen and oxygen atoms in total. The van der Waals surface area contributed by atoms with Gasteiger partial charge < -0.3 is 10.1 Å². The molecule has 0 amide bonds. The second-order valence-electron chi connectivity index (χ2n) is 7.30. The second kappa shape index (κ2) is 11.9. The van der Waals surface area contributed by atoms with Crippen molar-refractivity contribution in [3.63, 3.8) is 0 Å². The number of nitrogens with zero attached hydrogens (tertiary/aromatic N) is 3. The van der Waals surface area contributed by atoms with Gasteiger partial charge in [-0.1, -0.05) is 22.6 Å². The smallest absolute Gasteiger partial charge is 0.293 e. The number of isocyanates is 1. The molecular weight excluding hydrogens is 468 g/mol. The van der Waals surface area contributed by atoms with Crippen molar-refractivity contribution in [2.75, 3.05) is 43.9 Å². The molecule has 3 rings (SSSR count). The highest BCUT2D eigenvalue weighted by molar-refractivity contribution is 7.99. The third-order valence-corrected chi connectivity index (χ3v) is 7.41. The van der Waals surface area contributed by atoms with E-state index in [-0.39, 0.29) is 11.7 Å². The number of hydrogen-bond donors (Lipinski definition) is 1. The summed E-state index contributed by atoms with van der Waals surface area (Å²) in [6.45, 7) is 3.83. The predicted octanol–water partition coefficient (Wildman–Crippen LogP) is 2.91. The Morgan fingerprint density at radius 3 is 2.61 bits per heavy atom. The van der Waals surface area contributed by atoms with Crippen LogP contribution >= 0.6 is 11.8 Å². The lowest BCUT2D eigenvalue weighted by atomic mass is 10.2. The van der Waals surface area contributed by atoms with Gasteiger partial charge in [-0.05, 0) is 30.7 Å². The van der Waals surface area contributed by atoms with Crippen LogP contribution in [0.3, 0.4) is 0 Å². The van der Waals surface area contributed by atoms with Crippen LogP contribution < -0.4 is 5.32 Å². The number of rotatable bonds is 11. The maximum absolute atomic E-state index is 12.0. The summed E-state index contributed by atoms with van der Waals surface area (Å²) in [4.78, 5) is 24.3. The van der Waals surface area contributed by atoms with E-state index in [0.717, 1.165) is 43.1 Å². The summed E-state index contributed by atoms with van der Waals surface area (Å²) in [6, 6.07) is 13.1. The summed E-state index contributed by atoms with van der Waals surface area (Å²) >= 11 is 1.63. The molecule has 1 atom stereocenters. The quantitative estimate of drug-likeness (QED) is 0.165. The molecule has 0 unspecified atom stereocenters. The Morgan fingerprint density at radius 1 is 1.21 bits per heavy atom. The maximum Gasteiger partial charge on any atom is 0.293 e. The summed E-state index contributed by atoms with van der Waals surface area (Å²) in [5, 5.41) is 14.9. The number of nitro groups is 1. The third kappa shape index (κ3) is 7.37. The van der Waals surface area contributed by atoms with Crippen LogP contribution in [0.15, 0.2) is 62.7 Å². The fourth-order valence-electron chi connectivity index (χ4n) is 3.34. The number of hydrogen-bond acceptors (Lipinski definition) is 9. The molecule has 0 spiro atoms. The first kappa shape index (κ1) is 24.9. The van der Waals surface area contributed by atoms with E-state index in [1.165, 1.54) is 12.1 Å². The highest BCUT2D eigenvalue weighted by atomic mass is 32.2. The minimum Gasteiger partial charge on any atom is -0.379 e. The van der Waals surface area contributed by atoms with Crippen molar-refractivity contribution in [2.24, 2.45) is 4.40 Å². The molecule has 33 heavy (non-hydrogen) atoms. The number of sulfonamides is 1. The monoisotopic (exact) mass is 492 g/mol. The minimum atomic E-state index is -4.34. The van der Waals surface area contributed by atoms with Crippen molar-refractivity contribution in [3.8, 4) is 0 Å². The fraction of sp³-hybridized carbons (Fsp3) is 0.381. The Labute approximate surface area is 196 Å². The highest BCUT2D eigenvalue weighted by Gasteiger charge is 2.23. The average Bonchev–Trinajstić information content (AvgIpc) is 2.82. The number of nitro benzene ring substituents is 1. The molecular formula is C21H24N4O6S2. The number of anilines is 1. The summed E-state index contributed by atoms with van der Waals surface area (Å²) in [7, 11) is -4.34. The van der Waals surface area contributed by atoms with E-state index in [0.29, 0.717) is 19.0 Å². The van der Waals surface area contributed by atoms with Crippen molar-refractivity contribution in [1.29, 1.82) is 0 Å². The minimum absolute atomic E-state index is 0.118. The normalized spacial score (nSPS) is 15.4. The van der Waals surface area contributed by atoms with Crippen molar-refractivity contribution < 1.29 is 22.9 Å². The van der Waals surface area contributed by atoms with Crippen LogP contribution in [0.4, 0.5) is 11.4 Å². The fourth-order valence-corrected chi connectivity index (χ4v) is 5.04. The van der Waals surface area contributed by atoms with E-state index in [1.807, 2.05) is 30.3 Å². The van der Waals surface area contributed by atoms with Crippen molar-refractivity contribution in [1.82, 2.24) is 4.90 Å². The van der Waals surface area contributed by atoms with Gasteiger partial charge >= 0.3 is 0 Å². The Morgan fingerprint density at radius 2 is 1.94 bits per heavy atom. The van der Waals surface area contributed by atoms with Gasteiger partial charge in [0.15, 0.2) is 0 Å². The summed E-state index contributed by atoms with van der Waals surface area (Å²) in [6.07, 6.45) is 1.70. The molecule has 1 N–H and O–H groups in total. The molecule has 2 aromatic carbocycles. The molecule has 1 heterocycles. The van der Waals surface area contributed by atoms with Crippen molar-refractivity contribution in [3.05, 3.63) is 58.6 Å². The number of thioether (sulfide) groups is 1. The highest BCUT2D eigenvalue weighted by Crippen LogP contribution is 2.30. The van der Waals surface area contributed by atoms with Gasteiger partial charge in [0.25, 0.3) is 21.8 Å². The van der Waals surface area contributed by atoms with E-state index in [9.17, 15) is 23.3 Å². The molecule has 1 saturated heterocycles. The molecule has 12 heteroatoms. The number of ether oxygens (including phenoxy) is 1. The van der Waals surface area contributed by atoms with Crippen LogP contribution in [0.5, 0.6) is 0 Å². The molecule has 1 aliphatic rings. The van der Waals surface area contributed by atoms with Gasteiger partial charge in [0, 0.05) is 42.4 Å². The molecule has 0 aliphatic carbocycles. The summed E-state index contributed by atoms with van der Waals surface area (Å²) < 4.78 is 32.1. The predicted molar refractivity (Wildman–Crippen MR) is 125 cm³/mol. The first-order valence-corrected chi connectivity index (χ1v) is 12.7. The lowest BCUT2D eigenvalue weighted by Crippen LogP contribution is -2.39. The first-order chi connectivity index (χ1) is 15.9. The zero-order valence-corrected chi connectivity index (χ0v) is 19.4. The Bertz CT molecular complexity index is 1100. The SMILES string of the molecule is O=C=NS(=O)(=O)c1ccc(N[C@H](CCN2CCOCC2)CSc2ccccc2)c([N+](=O)[O-])c1. The van der Waals surface area contributed by atoms with Gasteiger partial charge in [0.05, 0.1) is 23.0 Å². The largest absolute Gasteiger partial charge is 0.379 e. The van der Waals surface area contributed by atoms with Crippen LogP contribution in [0.25, 0.3) is 0 Å². The van der Waals surface area contributed by atoms with E-state index in [1.54, 1.807) is 11.8 Å². The zero-order chi connectivity index (χ0) is 23.7. The van der Waals surface area contributed by atoms with Gasteiger partial charge in [0.2, 0.25) is 0 Å². The molecule has 0 aromatic heterocycles. The average molecular weight is 493 g/mol. The molecule has 176 valence electrons. The van der Waals surface area contributed by atoms with Crippen LogP contribution in [0, 0.1) is 10.1 Å². The van der Waals surface area contributed by atoms with E-state index >= 15 is 0 Å². The zero-order valence-electron chi connectivity index (χ0n) is 17.8. The van der Waals surface area contributed by atoms with Gasteiger partial charge in [0.1, 0.15) is 5.69 Å². The van der Waals surface area contributed by atoms with E-state index in [2.05, 4.69) is 14.6 Å². The topological polar surface area (TPSA) is 131 Å². The molecule has 2 aromatic rings. The van der Waals surface area contributed by atoms with Crippen LogP contribution in [-0.4, -0.2) is 69.0 Å². The van der Waals surface area contributed by atoms with E-state index < -0.39 is 25.5 Å². The van der Waals surface area contributed by atoms with E-state index in [4.69, 9.17) is 4.74 Å². The molecule has 0 saturated carbocycles. The van der Waals surface area contributed by atoms with Crippen molar-refractivity contribution >= 4 is 39.2 Å². The second-order valence-corrected chi connectivity index (χ2v) is 10.00. The molecule has 0 radical (unpaired) electrons. The Balaban J connectivity index is 1.80. The van der Waals surface area contributed by atoms with Crippen LogP contribution in [-0.2, 0) is 19.6 Å². The molecule has 1 fully saturated rings. The van der Waals surface area contributed by atoms with Crippen LogP contribution in [0.2, 0.25) is 0 Å². The number of nitrogens with one attached hydrogen (secondary N) is 1. The molecule has 1 aliphatic heterocycles. The lowest BCUT2D eigenvalue weighted by molar-refractivity contribution is -0.384. The van der Waals surface area contributed by atoms with Crippen molar-refractivity contribution in [2.45, 2.75) is 22.3 Å². The Hall–Kier alpha value is -2.76. The standard InChI is InChI=1S/C21H24N4O6S2/c26-16-22-33(29,30)19-6-7-20(21(14-19)25(27)28)23-17(8-9-24-10-12-31-13-11-24)15-32-18-4-2-1-3-5-18/h1-7,14,17,23H,8-13,15H2/t17-/m1/s1. The van der Waals surface area contributed by atoms with Gasteiger partial charge in [-0.2, -0.15) is 8.42 Å². The number of morpholine rings is 1. The number of benzene rings is 2. The third-order valence-electron chi connectivity index (χ3n) is 5.07. The van der Waals surface area contributed by atoms with Gasteiger partial charge in [-0.15, -0.1) is 11.8 Å². The first-order valence-electron chi connectivity index (χ1n) is 10.3.